The summed E-state index contributed by atoms with van der Waals surface area (Å²) >= 11 is 0. The number of nitrogens with zero attached hydrogens (tertiary/aromatic N) is 4. The van der Waals surface area contributed by atoms with E-state index in [-0.39, 0.29) is 35.1 Å². The zero-order chi connectivity index (χ0) is 23.4. The minimum absolute atomic E-state index is 0. The maximum Gasteiger partial charge on any atom is 1.00 e. The van der Waals surface area contributed by atoms with E-state index in [2.05, 4.69) is 46.9 Å². The Kier molecular flexibility index (Phi) is 9.80. The molecule has 2 saturated heterocycles. The predicted molar refractivity (Wildman–Crippen MR) is 130 cm³/mol. The molecular formula is C26H35N4NaO3. The molecule has 0 radical (unpaired) electrons. The molecule has 0 unspecified atom stereocenters. The minimum atomic E-state index is -1.14. The summed E-state index contributed by atoms with van der Waals surface area (Å²) in [6, 6.07) is 8.28. The first-order valence-corrected chi connectivity index (χ1v) is 12.1. The fraction of sp³-hybridized carbons (Fsp3) is 0.538. The van der Waals surface area contributed by atoms with Crippen LogP contribution in [0.5, 0.6) is 0 Å². The Labute approximate surface area is 225 Å². The summed E-state index contributed by atoms with van der Waals surface area (Å²) in [6.07, 6.45) is 4.87. The van der Waals surface area contributed by atoms with Crippen molar-refractivity contribution >= 4 is 17.5 Å². The van der Waals surface area contributed by atoms with Crippen molar-refractivity contribution in [2.24, 2.45) is 0 Å². The van der Waals surface area contributed by atoms with Crippen LogP contribution in [0.3, 0.4) is 0 Å². The number of aromatic nitrogens is 1. The maximum atomic E-state index is 12.0. The third kappa shape index (κ3) is 6.13. The van der Waals surface area contributed by atoms with Crippen molar-refractivity contribution < 1.29 is 44.2 Å². The third-order valence-corrected chi connectivity index (χ3v) is 7.01. The van der Waals surface area contributed by atoms with Crippen LogP contribution in [-0.4, -0.2) is 74.9 Å². The summed E-state index contributed by atoms with van der Waals surface area (Å²) in [6.45, 7) is 10.4. The topological polar surface area (TPSA) is 72.0 Å². The van der Waals surface area contributed by atoms with Gasteiger partial charge in [0.1, 0.15) is 5.82 Å². The zero-order valence-corrected chi connectivity index (χ0v) is 23.0. The van der Waals surface area contributed by atoms with Crippen LogP contribution in [0.25, 0.3) is 11.1 Å². The van der Waals surface area contributed by atoms with Crippen LogP contribution in [0.2, 0.25) is 0 Å². The first kappa shape index (κ1) is 27.0. The molecule has 7 nitrogen and oxygen atoms in total. The monoisotopic (exact) mass is 474 g/mol. The van der Waals surface area contributed by atoms with E-state index < -0.39 is 5.97 Å². The van der Waals surface area contributed by atoms with Crippen molar-refractivity contribution in [1.29, 1.82) is 0 Å². The Morgan fingerprint density at radius 2 is 1.91 bits per heavy atom. The van der Waals surface area contributed by atoms with E-state index in [9.17, 15) is 9.90 Å². The Bertz CT molecular complexity index is 963. The summed E-state index contributed by atoms with van der Waals surface area (Å²) in [5.41, 5.74) is 3.73. The van der Waals surface area contributed by atoms with Crippen LogP contribution < -0.4 is 44.5 Å². The number of carbonyl (C=O) groups is 1. The first-order chi connectivity index (χ1) is 16.0. The van der Waals surface area contributed by atoms with Crippen molar-refractivity contribution in [2.75, 3.05) is 62.8 Å². The molecule has 0 spiro atoms. The Morgan fingerprint density at radius 3 is 2.56 bits per heavy atom. The second kappa shape index (κ2) is 12.4. The molecule has 0 saturated carbocycles. The summed E-state index contributed by atoms with van der Waals surface area (Å²) < 4.78 is 5.54. The van der Waals surface area contributed by atoms with Crippen molar-refractivity contribution in [1.82, 2.24) is 9.88 Å². The second-order valence-electron chi connectivity index (χ2n) is 9.13. The van der Waals surface area contributed by atoms with Crippen molar-refractivity contribution in [3.05, 3.63) is 41.6 Å². The molecule has 0 amide bonds. The average Bonchev–Trinajstić information content (AvgIpc) is 3.05. The van der Waals surface area contributed by atoms with E-state index in [0.717, 1.165) is 93.4 Å². The predicted octanol–water partition coefficient (Wildman–Crippen LogP) is -0.428. The average molecular weight is 475 g/mol. The van der Waals surface area contributed by atoms with Gasteiger partial charge in [0.15, 0.2) is 0 Å². The summed E-state index contributed by atoms with van der Waals surface area (Å²) in [7, 11) is 2.16. The number of hydrogen-bond donors (Lipinski definition) is 0. The third-order valence-electron chi connectivity index (χ3n) is 7.01. The number of carboxylic acids is 1. The number of carbonyl (C=O) groups excluding carboxylic acids is 1. The molecule has 3 heterocycles. The molecule has 4 rings (SSSR count). The van der Waals surface area contributed by atoms with Crippen LogP contribution in [-0.2, 0) is 4.74 Å². The van der Waals surface area contributed by atoms with Gasteiger partial charge in [-0.25, -0.2) is 4.98 Å². The smallest absolute Gasteiger partial charge is 0.545 e. The summed E-state index contributed by atoms with van der Waals surface area (Å²) in [5.74, 6) is -0.171. The zero-order valence-electron chi connectivity index (χ0n) is 21.0. The number of pyridine rings is 1. The van der Waals surface area contributed by atoms with Gasteiger partial charge < -0.3 is 29.3 Å². The van der Waals surface area contributed by atoms with Crippen LogP contribution in [0.15, 0.2) is 30.5 Å². The molecule has 2 aromatic rings. The molecule has 34 heavy (non-hydrogen) atoms. The number of benzene rings is 1. The number of hydrogen-bond acceptors (Lipinski definition) is 7. The Morgan fingerprint density at radius 1 is 1.15 bits per heavy atom. The van der Waals surface area contributed by atoms with E-state index in [1.165, 1.54) is 0 Å². The SMILES string of the molecule is CCN(c1cc(-c2ccc(N3CCCN(C)CC3)nc2)cc(C(=O)[O-])c1C)C1CCOCC1.[Na+]. The molecule has 178 valence electrons. The van der Waals surface area contributed by atoms with Crippen LogP contribution in [0.4, 0.5) is 11.5 Å². The van der Waals surface area contributed by atoms with E-state index >= 15 is 0 Å². The number of ether oxygens (including phenoxy) is 1. The van der Waals surface area contributed by atoms with Gasteiger partial charge >= 0.3 is 29.6 Å². The molecule has 2 fully saturated rings. The number of anilines is 2. The number of aromatic carboxylic acids is 1. The number of carboxylic acid groups (broad SMARTS) is 1. The van der Waals surface area contributed by atoms with E-state index in [4.69, 9.17) is 9.72 Å². The number of rotatable bonds is 6. The van der Waals surface area contributed by atoms with Crippen LogP contribution >= 0.6 is 0 Å². The fourth-order valence-corrected chi connectivity index (χ4v) is 5.02. The molecule has 1 aromatic carbocycles. The first-order valence-electron chi connectivity index (χ1n) is 12.1. The molecule has 0 aliphatic carbocycles. The van der Waals surface area contributed by atoms with E-state index in [1.807, 2.05) is 13.1 Å². The molecular weight excluding hydrogens is 439 g/mol. The molecule has 0 atom stereocenters. The minimum Gasteiger partial charge on any atom is -0.545 e. The fourth-order valence-electron chi connectivity index (χ4n) is 5.02. The van der Waals surface area contributed by atoms with Crippen LogP contribution in [0.1, 0.15) is 42.1 Å². The van der Waals surface area contributed by atoms with Gasteiger partial charge in [0, 0.05) is 68.4 Å². The van der Waals surface area contributed by atoms with Crippen molar-refractivity contribution in [2.45, 2.75) is 39.2 Å². The van der Waals surface area contributed by atoms with Gasteiger partial charge in [0.2, 0.25) is 0 Å². The Hall–Kier alpha value is -1.64. The molecule has 2 aliphatic heterocycles. The van der Waals surface area contributed by atoms with Gasteiger partial charge in [-0.15, -0.1) is 0 Å². The van der Waals surface area contributed by atoms with Crippen LogP contribution in [0, 0.1) is 6.92 Å². The van der Waals surface area contributed by atoms with Gasteiger partial charge in [-0.2, -0.15) is 0 Å². The number of likely N-dealkylation sites (N-methyl/N-ethyl adjacent to an activating group) is 1. The standard InChI is InChI=1S/C26H36N4O3.Na/c1-4-30(22-8-14-33-15-9-22)24-17-21(16-23(19(24)2)26(31)32)20-6-7-25(27-18-20)29-11-5-10-28(3)12-13-29;/h6-7,16-18,22H,4-5,8-15H2,1-3H3,(H,31,32);/q;+1/p-1. The van der Waals surface area contributed by atoms with Gasteiger partial charge in [0.25, 0.3) is 0 Å². The van der Waals surface area contributed by atoms with Gasteiger partial charge in [-0.05, 0) is 82.1 Å². The molecule has 0 bridgehead atoms. The van der Waals surface area contributed by atoms with Crippen molar-refractivity contribution in [3.8, 4) is 11.1 Å². The van der Waals surface area contributed by atoms with Gasteiger partial charge in [-0.1, -0.05) is 0 Å². The second-order valence-corrected chi connectivity index (χ2v) is 9.13. The summed E-state index contributed by atoms with van der Waals surface area (Å²) in [5, 5.41) is 12.0. The van der Waals surface area contributed by atoms with Gasteiger partial charge in [-0.3, -0.25) is 0 Å². The molecule has 1 aromatic heterocycles. The molecule has 2 aliphatic rings. The quantitative estimate of drug-likeness (QED) is 0.527. The van der Waals surface area contributed by atoms with Gasteiger partial charge in [0.05, 0.1) is 5.97 Å². The normalized spacial score (nSPS) is 17.7. The molecule has 0 N–H and O–H groups in total. The Balaban J connectivity index is 0.00000324. The van der Waals surface area contributed by atoms with E-state index in [0.29, 0.717) is 6.04 Å². The molecule has 8 heteroatoms. The van der Waals surface area contributed by atoms with Crippen molar-refractivity contribution in [3.63, 3.8) is 0 Å². The van der Waals surface area contributed by atoms with E-state index in [1.54, 1.807) is 6.07 Å². The maximum absolute atomic E-state index is 12.0. The largest absolute Gasteiger partial charge is 1.00 e. The summed E-state index contributed by atoms with van der Waals surface area (Å²) in [4.78, 5) is 23.7.